The van der Waals surface area contributed by atoms with Crippen molar-refractivity contribution in [1.82, 2.24) is 5.32 Å². The fourth-order valence-corrected chi connectivity index (χ4v) is 3.23. The van der Waals surface area contributed by atoms with E-state index in [9.17, 15) is 9.59 Å². The minimum absolute atomic E-state index is 0.0463. The van der Waals surface area contributed by atoms with Crippen molar-refractivity contribution in [3.63, 3.8) is 0 Å². The Hall–Kier alpha value is -1.62. The number of amides is 1. The van der Waals surface area contributed by atoms with Crippen molar-refractivity contribution >= 4 is 29.3 Å². The average molecular weight is 279 g/mol. The largest absolute Gasteiger partial charge is 0.478 e. The molecule has 5 heteroatoms. The van der Waals surface area contributed by atoms with Crippen molar-refractivity contribution in [3.8, 4) is 0 Å². The molecule has 1 amide bonds. The zero-order valence-electron chi connectivity index (χ0n) is 10.8. The standard InChI is InChI=1S/C14H17NO3S/c1-9-8-12(19-11(9)6-7-13(16)17)14(18)15-10-4-2-3-5-10/h6-8,10H,2-5H2,1H3,(H,15,18)(H,16,17). The molecule has 0 radical (unpaired) electrons. The van der Waals surface area contributed by atoms with Crippen LogP contribution >= 0.6 is 11.3 Å². The van der Waals surface area contributed by atoms with Crippen LogP contribution in [0.4, 0.5) is 0 Å². The van der Waals surface area contributed by atoms with Crippen LogP contribution in [0.2, 0.25) is 0 Å². The number of carboxylic acids is 1. The van der Waals surface area contributed by atoms with Crippen molar-refractivity contribution in [1.29, 1.82) is 0 Å². The minimum atomic E-state index is -0.982. The third-order valence-corrected chi connectivity index (χ3v) is 4.45. The fourth-order valence-electron chi connectivity index (χ4n) is 2.25. The number of carboxylic acid groups (broad SMARTS) is 1. The Balaban J connectivity index is 2.05. The van der Waals surface area contributed by atoms with E-state index in [2.05, 4.69) is 5.32 Å². The lowest BCUT2D eigenvalue weighted by Crippen LogP contribution is -2.31. The summed E-state index contributed by atoms with van der Waals surface area (Å²) >= 11 is 1.33. The summed E-state index contributed by atoms with van der Waals surface area (Å²) in [6.07, 6.45) is 7.11. The predicted molar refractivity (Wildman–Crippen MR) is 75.4 cm³/mol. The number of aliphatic carboxylic acids is 1. The highest BCUT2D eigenvalue weighted by atomic mass is 32.1. The van der Waals surface area contributed by atoms with Crippen molar-refractivity contribution < 1.29 is 14.7 Å². The van der Waals surface area contributed by atoms with E-state index in [1.807, 2.05) is 13.0 Å². The van der Waals surface area contributed by atoms with Gasteiger partial charge in [-0.1, -0.05) is 12.8 Å². The van der Waals surface area contributed by atoms with Gasteiger partial charge in [0.05, 0.1) is 4.88 Å². The summed E-state index contributed by atoms with van der Waals surface area (Å²) in [6.45, 7) is 1.88. The van der Waals surface area contributed by atoms with E-state index >= 15 is 0 Å². The van der Waals surface area contributed by atoms with E-state index in [0.717, 1.165) is 29.4 Å². The van der Waals surface area contributed by atoms with Crippen molar-refractivity contribution in [3.05, 3.63) is 27.5 Å². The molecule has 4 nitrogen and oxygen atoms in total. The number of carbonyl (C=O) groups is 2. The molecule has 1 aromatic heterocycles. The van der Waals surface area contributed by atoms with E-state index < -0.39 is 5.97 Å². The lowest BCUT2D eigenvalue weighted by molar-refractivity contribution is -0.131. The molecule has 1 saturated carbocycles. The van der Waals surface area contributed by atoms with Gasteiger partial charge in [0.1, 0.15) is 0 Å². The highest BCUT2D eigenvalue weighted by Crippen LogP contribution is 2.24. The monoisotopic (exact) mass is 279 g/mol. The molecule has 0 atom stereocenters. The van der Waals surface area contributed by atoms with Gasteiger partial charge in [0.25, 0.3) is 5.91 Å². The van der Waals surface area contributed by atoms with Gasteiger partial charge in [0.2, 0.25) is 0 Å². The van der Waals surface area contributed by atoms with Crippen LogP contribution in [0.5, 0.6) is 0 Å². The van der Waals surface area contributed by atoms with Gasteiger partial charge in [-0.25, -0.2) is 4.79 Å². The molecule has 1 fully saturated rings. The second-order valence-corrected chi connectivity index (χ2v) is 5.87. The molecule has 19 heavy (non-hydrogen) atoms. The van der Waals surface area contributed by atoms with Crippen LogP contribution in [-0.4, -0.2) is 23.0 Å². The second-order valence-electron chi connectivity index (χ2n) is 4.78. The summed E-state index contributed by atoms with van der Waals surface area (Å²) in [7, 11) is 0. The van der Waals surface area contributed by atoms with Crippen LogP contribution in [0, 0.1) is 6.92 Å². The van der Waals surface area contributed by atoms with Crippen LogP contribution in [0.15, 0.2) is 12.1 Å². The zero-order chi connectivity index (χ0) is 13.8. The van der Waals surface area contributed by atoms with Crippen molar-refractivity contribution in [2.75, 3.05) is 0 Å². The van der Waals surface area contributed by atoms with Gasteiger partial charge in [-0.05, 0) is 37.5 Å². The highest BCUT2D eigenvalue weighted by molar-refractivity contribution is 7.15. The fraction of sp³-hybridized carbons (Fsp3) is 0.429. The molecular weight excluding hydrogens is 262 g/mol. The van der Waals surface area contributed by atoms with Gasteiger partial charge in [-0.3, -0.25) is 4.79 Å². The topological polar surface area (TPSA) is 66.4 Å². The molecule has 0 aliphatic heterocycles. The predicted octanol–water partition coefficient (Wildman–Crippen LogP) is 2.83. The summed E-state index contributed by atoms with van der Waals surface area (Å²) in [5.74, 6) is -1.03. The maximum atomic E-state index is 12.1. The Morgan fingerprint density at radius 1 is 1.42 bits per heavy atom. The molecule has 0 saturated heterocycles. The van der Waals surface area contributed by atoms with Crippen molar-refractivity contribution in [2.24, 2.45) is 0 Å². The smallest absolute Gasteiger partial charge is 0.328 e. The van der Waals surface area contributed by atoms with Gasteiger partial charge in [-0.2, -0.15) is 0 Å². The molecule has 0 unspecified atom stereocenters. The normalized spacial score (nSPS) is 16.1. The van der Waals surface area contributed by atoms with E-state index in [1.165, 1.54) is 30.3 Å². The molecule has 102 valence electrons. The molecular formula is C14H17NO3S. The Labute approximate surface area is 116 Å². The average Bonchev–Trinajstić information content (AvgIpc) is 2.96. The lowest BCUT2D eigenvalue weighted by atomic mass is 10.2. The molecule has 1 aromatic rings. The third-order valence-electron chi connectivity index (χ3n) is 3.25. The Morgan fingerprint density at radius 3 is 2.74 bits per heavy atom. The Morgan fingerprint density at radius 2 is 2.11 bits per heavy atom. The van der Waals surface area contributed by atoms with Gasteiger partial charge in [0, 0.05) is 17.0 Å². The first kappa shape index (κ1) is 13.8. The van der Waals surface area contributed by atoms with E-state index in [4.69, 9.17) is 5.11 Å². The number of hydrogen-bond donors (Lipinski definition) is 2. The SMILES string of the molecule is Cc1cc(C(=O)NC2CCCC2)sc1C=CC(=O)O. The number of hydrogen-bond acceptors (Lipinski definition) is 3. The molecule has 2 N–H and O–H groups in total. The van der Waals surface area contributed by atoms with Gasteiger partial charge < -0.3 is 10.4 Å². The molecule has 1 heterocycles. The molecule has 0 aromatic carbocycles. The van der Waals surface area contributed by atoms with Crippen LogP contribution in [0.1, 0.15) is 45.8 Å². The van der Waals surface area contributed by atoms with Crippen LogP contribution < -0.4 is 5.32 Å². The van der Waals surface area contributed by atoms with Crippen LogP contribution in [-0.2, 0) is 4.79 Å². The van der Waals surface area contributed by atoms with Gasteiger partial charge >= 0.3 is 5.97 Å². The summed E-state index contributed by atoms with van der Waals surface area (Å²) < 4.78 is 0. The lowest BCUT2D eigenvalue weighted by Gasteiger charge is -2.10. The Kier molecular flexibility index (Phi) is 4.37. The molecule has 2 rings (SSSR count). The first-order chi connectivity index (χ1) is 9.06. The molecule has 1 aliphatic carbocycles. The van der Waals surface area contributed by atoms with E-state index in [-0.39, 0.29) is 5.91 Å². The molecule has 0 spiro atoms. The van der Waals surface area contributed by atoms with Crippen LogP contribution in [0.3, 0.4) is 0 Å². The molecule has 0 bridgehead atoms. The van der Waals surface area contributed by atoms with Crippen LogP contribution in [0.25, 0.3) is 6.08 Å². The summed E-state index contributed by atoms with van der Waals surface area (Å²) in [6, 6.07) is 2.11. The summed E-state index contributed by atoms with van der Waals surface area (Å²) in [5.41, 5.74) is 0.930. The molecule has 1 aliphatic rings. The first-order valence-electron chi connectivity index (χ1n) is 6.38. The maximum absolute atomic E-state index is 12.1. The van der Waals surface area contributed by atoms with E-state index in [1.54, 1.807) is 0 Å². The quantitative estimate of drug-likeness (QED) is 0.833. The second kappa shape index (κ2) is 6.02. The minimum Gasteiger partial charge on any atom is -0.478 e. The number of thiophene rings is 1. The number of rotatable bonds is 4. The maximum Gasteiger partial charge on any atom is 0.328 e. The van der Waals surface area contributed by atoms with E-state index in [0.29, 0.717) is 10.9 Å². The summed E-state index contributed by atoms with van der Waals surface area (Å²) in [5, 5.41) is 11.6. The number of nitrogens with one attached hydrogen (secondary N) is 1. The van der Waals surface area contributed by atoms with Gasteiger partial charge in [0.15, 0.2) is 0 Å². The third kappa shape index (κ3) is 3.67. The highest BCUT2D eigenvalue weighted by Gasteiger charge is 2.19. The zero-order valence-corrected chi connectivity index (χ0v) is 11.6. The summed E-state index contributed by atoms with van der Waals surface area (Å²) in [4.78, 5) is 24.0. The first-order valence-corrected chi connectivity index (χ1v) is 7.20. The van der Waals surface area contributed by atoms with Gasteiger partial charge in [-0.15, -0.1) is 11.3 Å². The number of aryl methyl sites for hydroxylation is 1. The number of carbonyl (C=O) groups excluding carboxylic acids is 1. The van der Waals surface area contributed by atoms with Crippen molar-refractivity contribution in [2.45, 2.75) is 38.6 Å². The Bertz CT molecular complexity index is 513.